The monoisotopic (exact) mass is 438 g/mol. The number of amides is 3. The van der Waals surface area contributed by atoms with E-state index in [1.54, 1.807) is 16.8 Å². The third kappa shape index (κ3) is 4.02. The minimum atomic E-state index is -0.558. The van der Waals surface area contributed by atoms with Crippen LogP contribution in [0.2, 0.25) is 5.02 Å². The normalized spacial score (nSPS) is 17.2. The van der Waals surface area contributed by atoms with Gasteiger partial charge in [0.05, 0.1) is 6.20 Å². The first-order valence-corrected chi connectivity index (χ1v) is 10.2. The summed E-state index contributed by atoms with van der Waals surface area (Å²) in [6.07, 6.45) is 5.26. The molecule has 11 heteroatoms. The molecule has 158 valence electrons. The minimum Gasteiger partial charge on any atom is -0.351 e. The number of aromatic nitrogens is 4. The van der Waals surface area contributed by atoms with Gasteiger partial charge in [-0.25, -0.2) is 4.79 Å². The first kappa shape index (κ1) is 19.3. The van der Waals surface area contributed by atoms with Crippen LogP contribution in [0.1, 0.15) is 29.5 Å². The minimum absolute atomic E-state index is 0.138. The number of urea groups is 1. The molecule has 0 spiro atoms. The van der Waals surface area contributed by atoms with Crippen molar-refractivity contribution in [3.05, 3.63) is 51.8 Å². The molecule has 3 aromatic rings. The van der Waals surface area contributed by atoms with Crippen molar-refractivity contribution >= 4 is 47.2 Å². The fourth-order valence-electron chi connectivity index (χ4n) is 3.22. The first-order chi connectivity index (χ1) is 15.0. The van der Waals surface area contributed by atoms with Gasteiger partial charge in [-0.15, -0.1) is 0 Å². The third-order valence-electron chi connectivity index (χ3n) is 5.07. The van der Waals surface area contributed by atoms with E-state index < -0.39 is 11.9 Å². The van der Waals surface area contributed by atoms with Gasteiger partial charge in [0.15, 0.2) is 5.65 Å². The van der Waals surface area contributed by atoms with Crippen molar-refractivity contribution in [2.24, 2.45) is 0 Å². The lowest BCUT2D eigenvalue weighted by Gasteiger charge is -2.11. The molecule has 0 bridgehead atoms. The van der Waals surface area contributed by atoms with Crippen LogP contribution in [0.25, 0.3) is 11.7 Å². The predicted molar refractivity (Wildman–Crippen MR) is 116 cm³/mol. The number of nitrogens with one attached hydrogen (secondary N) is 4. The zero-order chi connectivity index (χ0) is 21.5. The van der Waals surface area contributed by atoms with Gasteiger partial charge in [0.2, 0.25) is 11.9 Å². The molecule has 0 radical (unpaired) electrons. The highest BCUT2D eigenvalue weighted by Crippen LogP contribution is 2.26. The molecule has 1 saturated carbocycles. The van der Waals surface area contributed by atoms with Crippen LogP contribution in [0.4, 0.5) is 16.7 Å². The largest absolute Gasteiger partial charge is 0.351 e. The molecule has 3 amide bonds. The molecular formula is C20H19ClN8O2. The van der Waals surface area contributed by atoms with Crippen molar-refractivity contribution in [1.82, 2.24) is 30.2 Å². The fraction of sp³-hybridized carbons (Fsp3) is 0.250. The molecule has 31 heavy (non-hydrogen) atoms. The summed E-state index contributed by atoms with van der Waals surface area (Å²) < 4.78 is 1.59. The van der Waals surface area contributed by atoms with Gasteiger partial charge in [0, 0.05) is 23.2 Å². The van der Waals surface area contributed by atoms with Crippen molar-refractivity contribution in [1.29, 1.82) is 0 Å². The van der Waals surface area contributed by atoms with Crippen LogP contribution < -0.4 is 21.3 Å². The van der Waals surface area contributed by atoms with E-state index in [2.05, 4.69) is 36.3 Å². The van der Waals surface area contributed by atoms with Crippen LogP contribution in [0.3, 0.4) is 0 Å². The number of halogens is 1. The second-order valence-electron chi connectivity index (χ2n) is 7.52. The number of aryl methyl sites for hydroxylation is 1. The van der Waals surface area contributed by atoms with E-state index in [4.69, 9.17) is 11.6 Å². The van der Waals surface area contributed by atoms with E-state index >= 15 is 0 Å². The number of nitrogens with zero attached hydrogens (tertiary/aromatic N) is 4. The Morgan fingerprint density at radius 2 is 2.10 bits per heavy atom. The Hall–Kier alpha value is -3.66. The van der Waals surface area contributed by atoms with Gasteiger partial charge < -0.3 is 16.0 Å². The van der Waals surface area contributed by atoms with E-state index in [1.165, 1.54) is 0 Å². The number of imide groups is 1. The number of rotatable bonds is 6. The Morgan fingerprint density at radius 3 is 2.84 bits per heavy atom. The number of benzene rings is 1. The van der Waals surface area contributed by atoms with Crippen LogP contribution in [-0.2, 0) is 11.3 Å². The molecule has 0 unspecified atom stereocenters. The van der Waals surface area contributed by atoms with Gasteiger partial charge in [0.25, 0.3) is 5.91 Å². The summed E-state index contributed by atoms with van der Waals surface area (Å²) in [5, 5.41) is 16.3. The van der Waals surface area contributed by atoms with Crippen molar-refractivity contribution in [3.8, 4) is 0 Å². The number of hydrogen-bond acceptors (Lipinski definition) is 7. The lowest BCUT2D eigenvalue weighted by atomic mass is 10.1. The van der Waals surface area contributed by atoms with Crippen LogP contribution in [-0.4, -0.2) is 37.6 Å². The second-order valence-corrected chi connectivity index (χ2v) is 7.95. The maximum absolute atomic E-state index is 11.9. The molecule has 3 heterocycles. The van der Waals surface area contributed by atoms with Crippen LogP contribution in [0, 0.1) is 6.92 Å². The van der Waals surface area contributed by atoms with E-state index in [0.717, 1.165) is 24.0 Å². The molecule has 2 aliphatic rings. The quantitative estimate of drug-likeness (QED) is 0.344. The Labute approximate surface area is 182 Å². The molecule has 1 aliphatic heterocycles. The lowest BCUT2D eigenvalue weighted by molar-refractivity contribution is -0.115. The molecular weight excluding hydrogens is 420 g/mol. The van der Waals surface area contributed by atoms with E-state index in [9.17, 15) is 9.59 Å². The van der Waals surface area contributed by atoms with Crippen molar-refractivity contribution < 1.29 is 9.59 Å². The Balaban J connectivity index is 1.50. The smallest absolute Gasteiger partial charge is 0.326 e. The van der Waals surface area contributed by atoms with Crippen molar-refractivity contribution in [2.75, 3.05) is 10.6 Å². The summed E-state index contributed by atoms with van der Waals surface area (Å²) in [7, 11) is 0. The molecule has 2 aromatic heterocycles. The maximum Gasteiger partial charge on any atom is 0.326 e. The van der Waals surface area contributed by atoms with Crippen LogP contribution in [0.15, 0.2) is 30.1 Å². The van der Waals surface area contributed by atoms with Gasteiger partial charge in [-0.1, -0.05) is 17.7 Å². The fourth-order valence-corrected chi connectivity index (χ4v) is 3.42. The van der Waals surface area contributed by atoms with E-state index in [0.29, 0.717) is 40.7 Å². The standard InChI is InChI=1S/C20H19ClN8O2/c1-10-2-3-13(21)6-11(10)8-22-18-26-16-12(7-15-17(30)27-20(31)25-15)9-23-29(16)19(28-18)24-14-4-5-14/h2-3,6-7,9,14H,4-5,8H2,1H3,(H2,22,24,26,28)(H2,25,27,30,31)/b15-7-. The topological polar surface area (TPSA) is 125 Å². The Morgan fingerprint density at radius 1 is 1.26 bits per heavy atom. The van der Waals surface area contributed by atoms with Gasteiger partial charge in [-0.2, -0.15) is 19.6 Å². The second kappa shape index (κ2) is 7.55. The molecule has 5 rings (SSSR count). The van der Waals surface area contributed by atoms with Gasteiger partial charge in [-0.3, -0.25) is 10.1 Å². The molecule has 0 atom stereocenters. The van der Waals surface area contributed by atoms with Gasteiger partial charge in [-0.05, 0) is 49.1 Å². The lowest BCUT2D eigenvalue weighted by Crippen LogP contribution is -2.22. The average molecular weight is 439 g/mol. The molecule has 10 nitrogen and oxygen atoms in total. The molecule has 4 N–H and O–H groups in total. The summed E-state index contributed by atoms with van der Waals surface area (Å²) >= 11 is 6.13. The third-order valence-corrected chi connectivity index (χ3v) is 5.31. The summed E-state index contributed by atoms with van der Waals surface area (Å²) in [6.45, 7) is 2.51. The van der Waals surface area contributed by atoms with Crippen LogP contribution >= 0.6 is 11.6 Å². The Kier molecular flexibility index (Phi) is 4.70. The van der Waals surface area contributed by atoms with Gasteiger partial charge >= 0.3 is 6.03 Å². The molecule has 2 fully saturated rings. The number of fused-ring (bicyclic) bond motifs is 1. The molecule has 1 aromatic carbocycles. The first-order valence-electron chi connectivity index (χ1n) is 9.81. The molecule has 1 aliphatic carbocycles. The van der Waals surface area contributed by atoms with Gasteiger partial charge in [0.1, 0.15) is 5.70 Å². The van der Waals surface area contributed by atoms with Crippen molar-refractivity contribution in [3.63, 3.8) is 0 Å². The van der Waals surface area contributed by atoms with E-state index in [1.807, 2.05) is 25.1 Å². The number of hydrogen-bond donors (Lipinski definition) is 4. The number of carbonyl (C=O) groups is 2. The number of anilines is 2. The maximum atomic E-state index is 11.9. The Bertz CT molecular complexity index is 1250. The van der Waals surface area contributed by atoms with Crippen molar-refractivity contribution in [2.45, 2.75) is 32.4 Å². The highest BCUT2D eigenvalue weighted by atomic mass is 35.5. The summed E-state index contributed by atoms with van der Waals surface area (Å²) in [6, 6.07) is 5.52. The highest BCUT2D eigenvalue weighted by Gasteiger charge is 2.26. The zero-order valence-corrected chi connectivity index (χ0v) is 17.3. The molecule has 1 saturated heterocycles. The van der Waals surface area contributed by atoms with E-state index in [-0.39, 0.29) is 5.70 Å². The SMILES string of the molecule is Cc1ccc(Cl)cc1CNc1nc(NC2CC2)n2ncc(/C=C3\NC(=O)NC3=O)c2n1. The average Bonchev–Trinajstić information content (AvgIpc) is 3.37. The summed E-state index contributed by atoms with van der Waals surface area (Å²) in [4.78, 5) is 32.5. The van der Waals surface area contributed by atoms with Crippen LogP contribution in [0.5, 0.6) is 0 Å². The predicted octanol–water partition coefficient (Wildman–Crippen LogP) is 2.45. The highest BCUT2D eigenvalue weighted by molar-refractivity contribution is 6.30. The summed E-state index contributed by atoms with van der Waals surface area (Å²) in [5.74, 6) is 0.474. The zero-order valence-electron chi connectivity index (χ0n) is 16.6. The summed E-state index contributed by atoms with van der Waals surface area (Å²) in [5.41, 5.74) is 3.36. The number of carbonyl (C=O) groups excluding carboxylic acids is 2.